The third-order valence-electron chi connectivity index (χ3n) is 3.56. The largest absolute Gasteiger partial charge is 0.361 e. The van der Waals surface area contributed by atoms with Crippen molar-refractivity contribution in [3.63, 3.8) is 0 Å². The first-order chi connectivity index (χ1) is 9.26. The first-order valence-electron chi connectivity index (χ1n) is 6.59. The number of fused-ring (bicyclic) bond motifs is 1. The minimum Gasteiger partial charge on any atom is -0.361 e. The van der Waals surface area contributed by atoms with Crippen LogP contribution in [0.5, 0.6) is 0 Å². The predicted octanol–water partition coefficient (Wildman–Crippen LogP) is 4.97. The fourth-order valence-corrected chi connectivity index (χ4v) is 2.58. The Balaban J connectivity index is 1.93. The monoisotopic (exact) mass is 269 g/mol. The maximum Gasteiger partial charge on any atom is 0.0457 e. The number of aromatic nitrogens is 1. The van der Waals surface area contributed by atoms with Gasteiger partial charge in [0.15, 0.2) is 0 Å². The Morgan fingerprint density at radius 3 is 2.47 bits per heavy atom. The molecule has 0 aliphatic heterocycles. The fraction of sp³-hybridized carbons (Fsp3) is 0.176. The lowest BCUT2D eigenvalue weighted by Crippen LogP contribution is -1.88. The van der Waals surface area contributed by atoms with E-state index >= 15 is 0 Å². The average Bonchev–Trinajstić information content (AvgIpc) is 2.82. The highest BCUT2D eigenvalue weighted by Crippen LogP contribution is 2.24. The predicted molar refractivity (Wildman–Crippen MR) is 81.9 cm³/mol. The molecule has 1 aromatic heterocycles. The first kappa shape index (κ1) is 12.3. The van der Waals surface area contributed by atoms with Crippen LogP contribution < -0.4 is 0 Å². The number of nitrogens with one attached hydrogen (secondary N) is 1. The lowest BCUT2D eigenvalue weighted by Gasteiger charge is -2.02. The quantitative estimate of drug-likeness (QED) is 0.691. The SMILES string of the molecule is CCc1ccc(Cc2c[nH]c3ccc(Cl)cc23)cc1. The summed E-state index contributed by atoms with van der Waals surface area (Å²) < 4.78 is 0. The van der Waals surface area contributed by atoms with Crippen LogP contribution in [0.4, 0.5) is 0 Å². The van der Waals surface area contributed by atoms with E-state index in [0.717, 1.165) is 23.4 Å². The van der Waals surface area contributed by atoms with Gasteiger partial charge in [-0.3, -0.25) is 0 Å². The van der Waals surface area contributed by atoms with Gasteiger partial charge in [0, 0.05) is 22.1 Å². The van der Waals surface area contributed by atoms with Crippen LogP contribution in [-0.4, -0.2) is 4.98 Å². The second-order valence-corrected chi connectivity index (χ2v) is 5.29. The number of H-pyrrole nitrogens is 1. The molecule has 0 bridgehead atoms. The van der Waals surface area contributed by atoms with Gasteiger partial charge in [0.2, 0.25) is 0 Å². The highest BCUT2D eigenvalue weighted by molar-refractivity contribution is 6.31. The molecule has 0 amide bonds. The molecule has 0 saturated heterocycles. The van der Waals surface area contributed by atoms with E-state index in [-0.39, 0.29) is 0 Å². The highest BCUT2D eigenvalue weighted by atomic mass is 35.5. The van der Waals surface area contributed by atoms with Gasteiger partial charge in [-0.1, -0.05) is 42.8 Å². The maximum absolute atomic E-state index is 6.08. The van der Waals surface area contributed by atoms with E-state index in [1.54, 1.807) is 0 Å². The van der Waals surface area contributed by atoms with Crippen molar-refractivity contribution in [3.05, 3.63) is 70.4 Å². The third-order valence-corrected chi connectivity index (χ3v) is 3.79. The van der Waals surface area contributed by atoms with E-state index in [9.17, 15) is 0 Å². The normalized spacial score (nSPS) is 11.1. The summed E-state index contributed by atoms with van der Waals surface area (Å²) in [6, 6.07) is 14.8. The van der Waals surface area contributed by atoms with Gasteiger partial charge < -0.3 is 4.98 Å². The molecular formula is C17H16ClN. The lowest BCUT2D eigenvalue weighted by molar-refractivity contribution is 1.12. The smallest absolute Gasteiger partial charge is 0.0457 e. The molecule has 2 aromatic carbocycles. The summed E-state index contributed by atoms with van der Waals surface area (Å²) in [6.45, 7) is 2.18. The molecule has 3 aromatic rings. The molecule has 0 saturated carbocycles. The molecule has 0 atom stereocenters. The summed E-state index contributed by atoms with van der Waals surface area (Å²) in [7, 11) is 0. The first-order valence-corrected chi connectivity index (χ1v) is 6.97. The van der Waals surface area contributed by atoms with Crippen molar-refractivity contribution in [2.45, 2.75) is 19.8 Å². The van der Waals surface area contributed by atoms with Gasteiger partial charge in [0.1, 0.15) is 0 Å². The van der Waals surface area contributed by atoms with E-state index in [2.05, 4.69) is 42.4 Å². The summed E-state index contributed by atoms with van der Waals surface area (Å²) in [4.78, 5) is 3.30. The van der Waals surface area contributed by atoms with Gasteiger partial charge in [0.05, 0.1) is 0 Å². The minimum atomic E-state index is 0.787. The average molecular weight is 270 g/mol. The Morgan fingerprint density at radius 2 is 1.74 bits per heavy atom. The number of benzene rings is 2. The van der Waals surface area contributed by atoms with Crippen molar-refractivity contribution in [2.75, 3.05) is 0 Å². The van der Waals surface area contributed by atoms with Crippen LogP contribution in [-0.2, 0) is 12.8 Å². The number of hydrogen-bond acceptors (Lipinski definition) is 0. The number of rotatable bonds is 3. The Kier molecular flexibility index (Phi) is 3.31. The maximum atomic E-state index is 6.08. The minimum absolute atomic E-state index is 0.787. The molecule has 0 aliphatic rings. The molecule has 0 fully saturated rings. The zero-order valence-electron chi connectivity index (χ0n) is 10.9. The van der Waals surface area contributed by atoms with Gasteiger partial charge in [-0.15, -0.1) is 0 Å². The summed E-state index contributed by atoms with van der Waals surface area (Å²) in [5.74, 6) is 0. The number of hydrogen-bond donors (Lipinski definition) is 1. The molecule has 0 unspecified atom stereocenters. The van der Waals surface area contributed by atoms with Crippen molar-refractivity contribution in [3.8, 4) is 0 Å². The molecule has 0 aliphatic carbocycles. The van der Waals surface area contributed by atoms with Gasteiger partial charge in [-0.25, -0.2) is 0 Å². The van der Waals surface area contributed by atoms with Crippen LogP contribution in [0.15, 0.2) is 48.7 Å². The molecule has 2 heteroatoms. The Labute approximate surface area is 118 Å². The molecular weight excluding hydrogens is 254 g/mol. The summed E-state index contributed by atoms with van der Waals surface area (Å²) in [5, 5.41) is 2.00. The molecule has 1 N–H and O–H groups in total. The molecule has 19 heavy (non-hydrogen) atoms. The van der Waals surface area contributed by atoms with E-state index < -0.39 is 0 Å². The van der Waals surface area contributed by atoms with E-state index in [4.69, 9.17) is 11.6 Å². The summed E-state index contributed by atoms with van der Waals surface area (Å²) in [5.41, 5.74) is 5.15. The second-order valence-electron chi connectivity index (χ2n) is 4.85. The standard InChI is InChI=1S/C17H16ClN/c1-2-12-3-5-13(6-4-12)9-14-11-19-17-8-7-15(18)10-16(14)17/h3-8,10-11,19H,2,9H2,1H3. The summed E-state index contributed by atoms with van der Waals surface area (Å²) >= 11 is 6.08. The van der Waals surface area contributed by atoms with Gasteiger partial charge in [0.25, 0.3) is 0 Å². The number of aryl methyl sites for hydroxylation is 1. The number of halogens is 1. The van der Waals surface area contributed by atoms with Crippen LogP contribution >= 0.6 is 11.6 Å². The van der Waals surface area contributed by atoms with Gasteiger partial charge >= 0.3 is 0 Å². The second kappa shape index (κ2) is 5.10. The van der Waals surface area contributed by atoms with E-state index in [1.165, 1.54) is 22.1 Å². The lowest BCUT2D eigenvalue weighted by atomic mass is 10.0. The Morgan fingerprint density at radius 1 is 1.00 bits per heavy atom. The van der Waals surface area contributed by atoms with Crippen LogP contribution in [0.1, 0.15) is 23.6 Å². The van der Waals surface area contributed by atoms with Crippen molar-refractivity contribution < 1.29 is 0 Å². The molecule has 0 radical (unpaired) electrons. The molecule has 96 valence electrons. The molecule has 3 rings (SSSR count). The molecule has 1 nitrogen and oxygen atoms in total. The highest BCUT2D eigenvalue weighted by Gasteiger charge is 2.05. The van der Waals surface area contributed by atoms with E-state index in [1.807, 2.05) is 18.2 Å². The van der Waals surface area contributed by atoms with Crippen LogP contribution in [0, 0.1) is 0 Å². The van der Waals surface area contributed by atoms with Crippen LogP contribution in [0.2, 0.25) is 5.02 Å². The molecule has 1 heterocycles. The van der Waals surface area contributed by atoms with Crippen molar-refractivity contribution in [1.82, 2.24) is 4.98 Å². The Bertz CT molecular complexity index is 695. The zero-order valence-corrected chi connectivity index (χ0v) is 11.7. The third kappa shape index (κ3) is 2.52. The topological polar surface area (TPSA) is 15.8 Å². The fourth-order valence-electron chi connectivity index (χ4n) is 2.41. The zero-order chi connectivity index (χ0) is 13.2. The van der Waals surface area contributed by atoms with Gasteiger partial charge in [-0.05, 0) is 47.7 Å². The Hall–Kier alpha value is -1.73. The number of aromatic amines is 1. The van der Waals surface area contributed by atoms with E-state index in [0.29, 0.717) is 0 Å². The molecule has 0 spiro atoms. The van der Waals surface area contributed by atoms with Gasteiger partial charge in [-0.2, -0.15) is 0 Å². The van der Waals surface area contributed by atoms with Crippen molar-refractivity contribution >= 4 is 22.5 Å². The van der Waals surface area contributed by atoms with Crippen LogP contribution in [0.3, 0.4) is 0 Å². The van der Waals surface area contributed by atoms with Crippen molar-refractivity contribution in [2.24, 2.45) is 0 Å². The van der Waals surface area contributed by atoms with Crippen LogP contribution in [0.25, 0.3) is 10.9 Å². The van der Waals surface area contributed by atoms with Crippen molar-refractivity contribution in [1.29, 1.82) is 0 Å². The summed E-state index contributed by atoms with van der Waals surface area (Å²) in [6.07, 6.45) is 4.10.